The van der Waals surface area contributed by atoms with E-state index < -0.39 is 40.5 Å². The van der Waals surface area contributed by atoms with Crippen molar-refractivity contribution in [2.24, 2.45) is 0 Å². The van der Waals surface area contributed by atoms with Crippen molar-refractivity contribution in [3.63, 3.8) is 0 Å². The maximum Gasteiger partial charge on any atom is 0.416 e. The Labute approximate surface area is 196 Å². The first-order valence-corrected chi connectivity index (χ1v) is 10.2. The molecule has 0 bridgehead atoms. The predicted octanol–water partition coefficient (Wildman–Crippen LogP) is 5.47. The molecule has 1 saturated heterocycles. The molecule has 0 aliphatic carbocycles. The molecule has 0 saturated carbocycles. The van der Waals surface area contributed by atoms with Crippen LogP contribution in [-0.4, -0.2) is 16.9 Å². The van der Waals surface area contributed by atoms with Gasteiger partial charge in [0.15, 0.2) is 5.11 Å². The average molecular weight is 486 g/mol. The number of carbonyl (C=O) groups excluding carboxylic acids is 2. The third-order valence-corrected chi connectivity index (χ3v) is 5.08. The Hall–Kier alpha value is -4.05. The molecule has 3 aromatic rings. The second-order valence-corrected chi connectivity index (χ2v) is 7.48. The van der Waals surface area contributed by atoms with Crippen molar-refractivity contribution in [3.8, 4) is 11.5 Å². The Bertz CT molecular complexity index is 1310. The highest BCUT2D eigenvalue weighted by molar-refractivity contribution is 7.80. The van der Waals surface area contributed by atoms with Gasteiger partial charge in [0.25, 0.3) is 11.8 Å². The highest BCUT2D eigenvalue weighted by Gasteiger charge is 2.37. The Kier molecular flexibility index (Phi) is 6.16. The summed E-state index contributed by atoms with van der Waals surface area (Å²) in [6.45, 7) is 0. The van der Waals surface area contributed by atoms with Gasteiger partial charge in [0.1, 0.15) is 22.9 Å². The number of hydrogen-bond donors (Lipinski definition) is 1. The second kappa shape index (κ2) is 9.06. The number of amides is 2. The lowest BCUT2D eigenvalue weighted by Crippen LogP contribution is -2.54. The summed E-state index contributed by atoms with van der Waals surface area (Å²) in [6.07, 6.45) is -4.12. The second-order valence-electron chi connectivity index (χ2n) is 7.10. The lowest BCUT2D eigenvalue weighted by molar-refractivity contribution is -0.137. The summed E-state index contributed by atoms with van der Waals surface area (Å²) in [6, 6.07) is 16.9. The molecule has 0 unspecified atom stereocenters. The van der Waals surface area contributed by atoms with Crippen molar-refractivity contribution in [1.82, 2.24) is 5.32 Å². The smallest absolute Gasteiger partial charge is 0.416 e. The number of thiocarbonyl (C=S) groups is 1. The number of alkyl halides is 3. The highest BCUT2D eigenvalue weighted by Crippen LogP contribution is 2.34. The van der Waals surface area contributed by atoms with E-state index in [1.165, 1.54) is 12.1 Å². The fourth-order valence-electron chi connectivity index (χ4n) is 3.25. The van der Waals surface area contributed by atoms with Crippen LogP contribution in [0.25, 0.3) is 6.08 Å². The zero-order chi connectivity index (χ0) is 24.5. The van der Waals surface area contributed by atoms with Gasteiger partial charge in [0, 0.05) is 0 Å². The van der Waals surface area contributed by atoms with Crippen molar-refractivity contribution >= 4 is 40.9 Å². The largest absolute Gasteiger partial charge is 0.457 e. The number of benzene rings is 3. The standard InChI is InChI=1S/C24H14F4N2O3S/c25-15-6-11-20(24(26,27)28)14(12-15)13-19-21(31)29-23(34)30(22(19)32)16-7-9-18(10-8-16)33-17-4-2-1-3-5-17/h1-13H,(H,29,31,34)/b19-13+. The molecule has 2 amide bonds. The molecule has 4 rings (SSSR count). The molecule has 5 nitrogen and oxygen atoms in total. The van der Waals surface area contributed by atoms with Crippen LogP contribution in [0.1, 0.15) is 11.1 Å². The van der Waals surface area contributed by atoms with E-state index in [2.05, 4.69) is 5.32 Å². The van der Waals surface area contributed by atoms with E-state index in [-0.39, 0.29) is 10.8 Å². The molecule has 1 aliphatic heterocycles. The predicted molar refractivity (Wildman–Crippen MR) is 121 cm³/mol. The number of anilines is 1. The van der Waals surface area contributed by atoms with Crippen LogP contribution in [0.15, 0.2) is 78.4 Å². The van der Waals surface area contributed by atoms with Gasteiger partial charge in [-0.15, -0.1) is 0 Å². The third-order valence-electron chi connectivity index (χ3n) is 4.79. The van der Waals surface area contributed by atoms with E-state index in [4.69, 9.17) is 17.0 Å². The van der Waals surface area contributed by atoms with Crippen molar-refractivity contribution in [3.05, 3.63) is 95.3 Å². The van der Waals surface area contributed by atoms with Crippen LogP contribution in [0, 0.1) is 5.82 Å². The molecule has 0 aromatic heterocycles. The lowest BCUT2D eigenvalue weighted by Gasteiger charge is -2.29. The van der Waals surface area contributed by atoms with Gasteiger partial charge in [-0.2, -0.15) is 13.2 Å². The molecule has 1 aliphatic rings. The summed E-state index contributed by atoms with van der Waals surface area (Å²) in [5, 5.41) is 2.03. The minimum atomic E-state index is -4.82. The van der Waals surface area contributed by atoms with Gasteiger partial charge >= 0.3 is 6.18 Å². The summed E-state index contributed by atoms with van der Waals surface area (Å²) in [7, 11) is 0. The number of hydrogen-bond acceptors (Lipinski definition) is 4. The first-order valence-electron chi connectivity index (χ1n) is 9.74. The van der Waals surface area contributed by atoms with Gasteiger partial charge in [-0.25, -0.2) is 4.39 Å². The van der Waals surface area contributed by atoms with Gasteiger partial charge in [0.2, 0.25) is 0 Å². The van der Waals surface area contributed by atoms with E-state index >= 15 is 0 Å². The van der Waals surface area contributed by atoms with Crippen LogP contribution in [-0.2, 0) is 15.8 Å². The Morgan fingerprint density at radius 2 is 1.56 bits per heavy atom. The van der Waals surface area contributed by atoms with Crippen LogP contribution in [0.3, 0.4) is 0 Å². The van der Waals surface area contributed by atoms with Crippen LogP contribution in [0.5, 0.6) is 11.5 Å². The zero-order valence-electron chi connectivity index (χ0n) is 17.1. The summed E-state index contributed by atoms with van der Waals surface area (Å²) >= 11 is 5.10. The van der Waals surface area contributed by atoms with Crippen LogP contribution < -0.4 is 15.0 Å². The summed E-state index contributed by atoms with van der Waals surface area (Å²) in [5.41, 5.74) is -2.24. The summed E-state index contributed by atoms with van der Waals surface area (Å²) in [4.78, 5) is 26.4. The molecule has 10 heteroatoms. The molecular formula is C24H14F4N2O3S. The lowest BCUT2D eigenvalue weighted by atomic mass is 10.0. The molecule has 1 heterocycles. The average Bonchev–Trinajstić information content (AvgIpc) is 2.77. The topological polar surface area (TPSA) is 58.6 Å². The van der Waals surface area contributed by atoms with Crippen LogP contribution in [0.2, 0.25) is 0 Å². The Balaban J connectivity index is 1.66. The van der Waals surface area contributed by atoms with E-state index in [9.17, 15) is 27.2 Å². The highest BCUT2D eigenvalue weighted by atomic mass is 32.1. The van der Waals surface area contributed by atoms with E-state index in [1.807, 2.05) is 6.07 Å². The molecule has 0 atom stereocenters. The van der Waals surface area contributed by atoms with Crippen molar-refractivity contribution in [2.75, 3.05) is 4.90 Å². The number of nitrogens with zero attached hydrogens (tertiary/aromatic N) is 1. The number of ether oxygens (including phenoxy) is 1. The number of halogens is 4. The fraction of sp³-hybridized carbons (Fsp3) is 0.0417. The minimum absolute atomic E-state index is 0.247. The minimum Gasteiger partial charge on any atom is -0.457 e. The van der Waals surface area contributed by atoms with Crippen molar-refractivity contribution in [2.45, 2.75) is 6.18 Å². The fourth-order valence-corrected chi connectivity index (χ4v) is 3.53. The first kappa shape index (κ1) is 23.1. The first-order chi connectivity index (χ1) is 16.1. The molecule has 3 aromatic carbocycles. The van der Waals surface area contributed by atoms with Gasteiger partial charge in [-0.3, -0.25) is 19.8 Å². The Morgan fingerprint density at radius 3 is 2.21 bits per heavy atom. The number of nitrogens with one attached hydrogen (secondary N) is 1. The van der Waals surface area contributed by atoms with Crippen molar-refractivity contribution in [1.29, 1.82) is 0 Å². The van der Waals surface area contributed by atoms with Crippen molar-refractivity contribution < 1.29 is 31.9 Å². The summed E-state index contributed by atoms with van der Waals surface area (Å²) < 4.78 is 59.4. The third kappa shape index (κ3) is 4.81. The quantitative estimate of drug-likeness (QED) is 0.230. The summed E-state index contributed by atoms with van der Waals surface area (Å²) in [5.74, 6) is -1.85. The molecule has 1 N–H and O–H groups in total. The molecule has 34 heavy (non-hydrogen) atoms. The van der Waals surface area contributed by atoms with Gasteiger partial charge in [-0.05, 0) is 78.5 Å². The van der Waals surface area contributed by atoms with E-state index in [0.29, 0.717) is 35.8 Å². The zero-order valence-corrected chi connectivity index (χ0v) is 17.9. The molecule has 0 radical (unpaired) electrons. The van der Waals surface area contributed by atoms with Gasteiger partial charge in [0.05, 0.1) is 11.3 Å². The molecule has 0 spiro atoms. The SMILES string of the molecule is O=C1NC(=S)N(c2ccc(Oc3ccccc3)cc2)C(=O)/C1=C/c1cc(F)ccc1C(F)(F)F. The number of para-hydroxylation sites is 1. The molecule has 172 valence electrons. The van der Waals surface area contributed by atoms with E-state index in [0.717, 1.165) is 4.90 Å². The number of rotatable bonds is 4. The maximum atomic E-state index is 13.7. The number of carbonyl (C=O) groups is 2. The Morgan fingerprint density at radius 1 is 0.912 bits per heavy atom. The molecular weight excluding hydrogens is 472 g/mol. The van der Waals surface area contributed by atoms with Gasteiger partial charge in [-0.1, -0.05) is 18.2 Å². The van der Waals surface area contributed by atoms with E-state index in [1.54, 1.807) is 36.4 Å². The monoisotopic (exact) mass is 486 g/mol. The van der Waals surface area contributed by atoms with Crippen LogP contribution >= 0.6 is 12.2 Å². The van der Waals surface area contributed by atoms with Gasteiger partial charge < -0.3 is 4.74 Å². The molecule has 1 fully saturated rings. The van der Waals surface area contributed by atoms with Crippen LogP contribution in [0.4, 0.5) is 23.2 Å². The maximum absolute atomic E-state index is 13.7. The normalized spacial score (nSPS) is 15.5.